The summed E-state index contributed by atoms with van der Waals surface area (Å²) in [5, 5.41) is 184. The second kappa shape index (κ2) is 44.7. The Morgan fingerprint density at radius 3 is 1.20 bits per heavy atom. The van der Waals surface area contributed by atoms with Crippen LogP contribution in [0.15, 0.2) is 4.99 Å². The summed E-state index contributed by atoms with van der Waals surface area (Å²) in [6.45, 7) is 1.80. The lowest BCUT2D eigenvalue weighted by Crippen LogP contribution is -2.67. The molecule has 30 heteroatoms. The van der Waals surface area contributed by atoms with E-state index in [0.717, 1.165) is 57.8 Å². The average molecular weight is 1340 g/mol. The van der Waals surface area contributed by atoms with E-state index in [1.165, 1.54) is 116 Å². The van der Waals surface area contributed by atoms with Gasteiger partial charge < -0.3 is 115 Å². The number of hydrogen-bond donors (Lipinski definition) is 17. The molecule has 2 aliphatic carbocycles. The van der Waals surface area contributed by atoms with E-state index in [1.54, 1.807) is 0 Å². The fourth-order valence-electron chi connectivity index (χ4n) is 11.6. The summed E-state index contributed by atoms with van der Waals surface area (Å²) in [4.78, 5) is 27.9. The van der Waals surface area contributed by atoms with Crippen LogP contribution >= 0.6 is 15.6 Å². The van der Waals surface area contributed by atoms with Gasteiger partial charge in [-0.15, -0.1) is 0 Å². The van der Waals surface area contributed by atoms with Crippen LogP contribution in [0.1, 0.15) is 226 Å². The highest BCUT2D eigenvalue weighted by atomic mass is 31.2. The molecule has 1 heterocycles. The van der Waals surface area contributed by atoms with E-state index in [4.69, 9.17) is 27.6 Å². The predicted molar refractivity (Wildman–Crippen MR) is 324 cm³/mol. The molecule has 534 valence electrons. The summed E-state index contributed by atoms with van der Waals surface area (Å²) in [7, 11) is -11.6. The zero-order valence-corrected chi connectivity index (χ0v) is 54.8. The monoisotopic (exact) mass is 1340 g/mol. The van der Waals surface area contributed by atoms with Crippen LogP contribution in [0.25, 0.3) is 0 Å². The van der Waals surface area contributed by atoms with E-state index in [-0.39, 0.29) is 12.8 Å². The van der Waals surface area contributed by atoms with Crippen molar-refractivity contribution in [1.82, 2.24) is 0 Å². The first kappa shape index (κ1) is 83.2. The average Bonchev–Trinajstić information content (AvgIpc) is 0.807. The molecule has 0 bridgehead atoms. The first-order valence-electron chi connectivity index (χ1n) is 33.5. The maximum atomic E-state index is 13.7. The van der Waals surface area contributed by atoms with Gasteiger partial charge in [0.2, 0.25) is 0 Å². The zero-order chi connectivity index (χ0) is 67.0. The molecule has 90 heavy (non-hydrogen) atoms. The van der Waals surface area contributed by atoms with Gasteiger partial charge in [-0.2, -0.15) is 0 Å². The highest BCUT2D eigenvalue weighted by Crippen LogP contribution is 2.48. The van der Waals surface area contributed by atoms with Crippen molar-refractivity contribution in [2.45, 2.75) is 360 Å². The Kier molecular flexibility index (Phi) is 41.3. The largest absolute Gasteiger partial charge is 0.860 e. The van der Waals surface area contributed by atoms with Crippen LogP contribution in [-0.4, -0.2) is 240 Å². The fourth-order valence-corrected chi connectivity index (χ4v) is 13.5. The van der Waals surface area contributed by atoms with E-state index in [9.17, 15) is 106 Å². The van der Waals surface area contributed by atoms with E-state index < -0.39 is 169 Å². The molecular formula is C60H115NO27P2-2. The number of unbranched alkanes of at least 4 members (excludes halogenated alkanes) is 29. The highest BCUT2D eigenvalue weighted by molar-refractivity contribution is 7.47. The van der Waals surface area contributed by atoms with Gasteiger partial charge in [0, 0.05) is 0 Å². The molecule has 0 radical (unpaired) electrons. The summed E-state index contributed by atoms with van der Waals surface area (Å²) in [5.74, 6) is -1.39. The van der Waals surface area contributed by atoms with Crippen molar-refractivity contribution in [3.8, 4) is 0 Å². The topological polar surface area (TPSA) is 492 Å². The Morgan fingerprint density at radius 2 is 0.789 bits per heavy atom. The smallest absolute Gasteiger partial charge is 0.472 e. The van der Waals surface area contributed by atoms with Crippen LogP contribution in [0.2, 0.25) is 0 Å². The van der Waals surface area contributed by atoms with Crippen molar-refractivity contribution in [1.29, 1.82) is 0 Å². The van der Waals surface area contributed by atoms with Gasteiger partial charge in [-0.05, 0) is 18.7 Å². The molecule has 1 saturated heterocycles. The molecule has 0 amide bonds. The predicted octanol–water partition coefficient (Wildman–Crippen LogP) is 1.31. The lowest BCUT2D eigenvalue weighted by molar-refractivity contribution is -0.341. The minimum absolute atomic E-state index is 0.00398. The lowest BCUT2D eigenvalue weighted by Gasteiger charge is -2.48. The quantitative estimate of drug-likeness (QED) is 0.0177. The van der Waals surface area contributed by atoms with E-state index in [1.807, 2.05) is 0 Å². The normalized spacial score (nSPS) is 32.4. The summed E-state index contributed by atoms with van der Waals surface area (Å²) in [6.07, 6.45) is -12.8. The molecule has 3 fully saturated rings. The van der Waals surface area contributed by atoms with Crippen LogP contribution in [0.5, 0.6) is 0 Å². The number of aliphatic imine (C=N–C) groups is 1. The van der Waals surface area contributed by atoms with Crippen molar-refractivity contribution >= 4 is 21.5 Å². The van der Waals surface area contributed by atoms with Gasteiger partial charge in [-0.25, -0.2) is 4.57 Å². The van der Waals surface area contributed by atoms with Gasteiger partial charge in [-0.3, -0.25) is 18.6 Å². The zero-order valence-electron chi connectivity index (χ0n) is 53.0. The Hall–Kier alpha value is -1.03. The number of phosphoric ester groups is 2. The molecule has 17 N–H and O–H groups in total. The molecule has 0 aromatic carbocycles. The molecule has 28 nitrogen and oxygen atoms in total. The van der Waals surface area contributed by atoms with Gasteiger partial charge in [0.05, 0.1) is 25.4 Å². The van der Waals surface area contributed by atoms with E-state index in [0.29, 0.717) is 25.7 Å². The molecule has 1 aliphatic heterocycles. The minimum Gasteiger partial charge on any atom is -0.860 e. The van der Waals surface area contributed by atoms with E-state index in [2.05, 4.69) is 18.8 Å². The summed E-state index contributed by atoms with van der Waals surface area (Å²) >= 11 is 0. The third-order valence-electron chi connectivity index (χ3n) is 17.5. The van der Waals surface area contributed by atoms with E-state index >= 15 is 0 Å². The lowest BCUT2D eigenvalue weighted by atomic mass is 9.84. The van der Waals surface area contributed by atoms with Gasteiger partial charge in [0.1, 0.15) is 116 Å². The Balaban J connectivity index is 1.66. The van der Waals surface area contributed by atoms with Gasteiger partial charge in [0.15, 0.2) is 6.29 Å². The number of rotatable bonds is 50. The summed E-state index contributed by atoms with van der Waals surface area (Å²) in [6, 6.07) is -1.98. The second-order valence-electron chi connectivity index (χ2n) is 25.1. The fraction of sp³-hybridized carbons (Fsp3) is 0.983. The number of aliphatic hydroxyl groups is 16. The third kappa shape index (κ3) is 29.4. The first-order chi connectivity index (χ1) is 42.7. The number of hydrogen-bond acceptors (Lipinski definition) is 27. The maximum Gasteiger partial charge on any atom is 0.472 e. The number of ether oxygens (including phenoxy) is 2. The number of nitrogens with zero attached hydrogens (tertiary/aromatic N) is 1. The number of phosphoric acid groups is 2. The molecule has 2 saturated carbocycles. The number of aliphatic hydroxyl groups excluding tert-OH is 16. The van der Waals surface area contributed by atoms with Crippen molar-refractivity contribution in [3.05, 3.63) is 0 Å². The Morgan fingerprint density at radius 1 is 0.444 bits per heavy atom. The molecule has 0 spiro atoms. The molecule has 3 aliphatic rings. The Labute approximate surface area is 531 Å². The summed E-state index contributed by atoms with van der Waals surface area (Å²) < 4.78 is 57.2. The highest BCUT2D eigenvalue weighted by Gasteiger charge is 2.56. The second-order valence-corrected chi connectivity index (χ2v) is 27.9. The maximum absolute atomic E-state index is 13.7. The molecule has 3 rings (SSSR count). The third-order valence-corrected chi connectivity index (χ3v) is 19.5. The Bertz CT molecular complexity index is 1980. The van der Waals surface area contributed by atoms with Crippen LogP contribution in [-0.2, 0) is 36.7 Å². The summed E-state index contributed by atoms with van der Waals surface area (Å²) in [5.41, 5.74) is 0. The molecule has 7 unspecified atom stereocenters. The first-order valence-corrected chi connectivity index (χ1v) is 36.4. The van der Waals surface area contributed by atoms with Crippen molar-refractivity contribution in [3.63, 3.8) is 0 Å². The molecular weight excluding hydrogens is 1230 g/mol. The van der Waals surface area contributed by atoms with Crippen molar-refractivity contribution < 1.29 is 133 Å². The van der Waals surface area contributed by atoms with Crippen molar-refractivity contribution in [2.75, 3.05) is 13.2 Å². The standard InChI is InChI=1S/C60H117NO27P2/c1-3-5-7-9-11-13-15-17-18-19-20-21-22-23-25-27-29-31-33-35-40(63)43(65)59(78)61-38(42(64)39(62)34-32-30-28-26-24-16-14-12-10-8-6-4-2)36-83-89(79,80)88-58-54(76)50(72)49(71)53(75)57(58)86-60-55(77)45(67)44(66)41(85-60)37-84-90(81,82)87-56-51(73)47(69)46(68)48(70)52(56)74/h38-58,60,62-77H,3-37H2,1-2H3,(H,61,78)(H,79,80)(H,81,82)/p-2/t38-,39?,40?,41+,42-,43?,44+,45-,46?,47-,48+,49+,50+,51+,52+,53-,54+,55-,56?,57+,58+,60-/m0/s1. The van der Waals surface area contributed by atoms with Crippen LogP contribution in [0.4, 0.5) is 0 Å². The van der Waals surface area contributed by atoms with Gasteiger partial charge >= 0.3 is 7.82 Å². The van der Waals surface area contributed by atoms with Crippen LogP contribution in [0, 0.1) is 0 Å². The van der Waals surface area contributed by atoms with Crippen LogP contribution in [0.3, 0.4) is 0 Å². The van der Waals surface area contributed by atoms with Gasteiger partial charge in [-0.1, -0.05) is 213 Å². The molecule has 24 atom stereocenters. The van der Waals surface area contributed by atoms with Crippen LogP contribution < -0.4 is 10.00 Å². The van der Waals surface area contributed by atoms with Crippen molar-refractivity contribution in [2.24, 2.45) is 4.99 Å². The molecule has 0 aromatic heterocycles. The molecule has 0 aromatic rings. The SMILES string of the molecule is CCCCCCCCCCCCCCCCCCCCCC(O)C(O)C([O-])=N[C@@H](COP(=O)([O-])O[C@@H]1[C@H](O)[C@H](O)[C@@H](O)[C@H](O)[C@H]1O[C@@H]1O[C@H](COP(=O)(O)OC2[C@H](O)[C@H](O)C(O)[C@H](O)[C@H]2O)[C@@H](O)[C@H](O)[C@@H]1O)[C@H](O)C(O)CCCCCCCCCCCCCC. The van der Waals surface area contributed by atoms with Gasteiger partial charge in [0.25, 0.3) is 7.82 Å². The minimum atomic E-state index is -6.02.